The van der Waals surface area contributed by atoms with Crippen LogP contribution in [0.4, 0.5) is 4.39 Å². The van der Waals surface area contributed by atoms with Crippen LogP contribution in [0.25, 0.3) is 11.3 Å². The topological polar surface area (TPSA) is 28.7 Å². The van der Waals surface area contributed by atoms with Crippen LogP contribution in [0.5, 0.6) is 0 Å². The van der Waals surface area contributed by atoms with Gasteiger partial charge in [0.2, 0.25) is 0 Å². The molecule has 2 nitrogen and oxygen atoms in total. The predicted molar refractivity (Wildman–Crippen MR) is 64.8 cm³/mol. The van der Waals surface area contributed by atoms with E-state index < -0.39 is 5.82 Å². The van der Waals surface area contributed by atoms with Crippen LogP contribution in [0.1, 0.15) is 0 Å². The standard InChI is InChI=1S/C10H5Cl2FN2S/c11-6-1-5(2-7(12)3-6)9-8(13)10(16)15-4-14-9/h1-4H,(H,14,15,16). The van der Waals surface area contributed by atoms with Gasteiger partial charge in [-0.1, -0.05) is 35.4 Å². The Morgan fingerprint density at radius 1 is 1.19 bits per heavy atom. The van der Waals surface area contributed by atoms with Crippen LogP contribution in [0.3, 0.4) is 0 Å². The number of aromatic nitrogens is 2. The molecule has 1 aromatic heterocycles. The summed E-state index contributed by atoms with van der Waals surface area (Å²) in [6, 6.07) is 4.76. The van der Waals surface area contributed by atoms with Crippen LogP contribution in [-0.4, -0.2) is 9.97 Å². The minimum absolute atomic E-state index is 0.0927. The number of H-pyrrole nitrogens is 1. The van der Waals surface area contributed by atoms with Crippen molar-refractivity contribution in [2.75, 3.05) is 0 Å². The third-order valence-electron chi connectivity index (χ3n) is 1.95. The Morgan fingerprint density at radius 3 is 2.44 bits per heavy atom. The van der Waals surface area contributed by atoms with Crippen molar-refractivity contribution in [2.45, 2.75) is 0 Å². The summed E-state index contributed by atoms with van der Waals surface area (Å²) in [5.74, 6) is -0.587. The average molecular weight is 275 g/mol. The van der Waals surface area contributed by atoms with Gasteiger partial charge in [0, 0.05) is 15.6 Å². The van der Waals surface area contributed by atoms with Gasteiger partial charge >= 0.3 is 0 Å². The molecule has 2 rings (SSSR count). The van der Waals surface area contributed by atoms with E-state index >= 15 is 0 Å². The van der Waals surface area contributed by atoms with Crippen molar-refractivity contribution in [3.8, 4) is 11.3 Å². The molecule has 0 aliphatic rings. The molecule has 0 fully saturated rings. The van der Waals surface area contributed by atoms with Gasteiger partial charge in [-0.25, -0.2) is 9.37 Å². The molecule has 6 heteroatoms. The second-order valence-electron chi connectivity index (χ2n) is 3.05. The van der Waals surface area contributed by atoms with E-state index in [2.05, 4.69) is 9.97 Å². The van der Waals surface area contributed by atoms with E-state index in [0.29, 0.717) is 15.6 Å². The van der Waals surface area contributed by atoms with Crippen molar-refractivity contribution in [2.24, 2.45) is 0 Å². The maximum atomic E-state index is 13.7. The van der Waals surface area contributed by atoms with Gasteiger partial charge in [-0.15, -0.1) is 0 Å². The third kappa shape index (κ3) is 2.24. The molecule has 0 radical (unpaired) electrons. The van der Waals surface area contributed by atoms with Crippen molar-refractivity contribution in [3.05, 3.63) is 45.0 Å². The van der Waals surface area contributed by atoms with Crippen LogP contribution in [0, 0.1) is 10.5 Å². The molecule has 1 N–H and O–H groups in total. The molecule has 0 aliphatic heterocycles. The molecule has 0 amide bonds. The number of nitrogens with one attached hydrogen (secondary N) is 1. The molecule has 1 heterocycles. The summed E-state index contributed by atoms with van der Waals surface area (Å²) in [4.78, 5) is 6.31. The summed E-state index contributed by atoms with van der Waals surface area (Å²) >= 11 is 16.4. The van der Waals surface area contributed by atoms with Gasteiger partial charge < -0.3 is 4.98 Å². The molecule has 16 heavy (non-hydrogen) atoms. The fraction of sp³-hybridized carbons (Fsp3) is 0. The van der Waals surface area contributed by atoms with E-state index in [0.717, 1.165) is 0 Å². The van der Waals surface area contributed by atoms with E-state index in [-0.39, 0.29) is 10.3 Å². The summed E-state index contributed by atoms with van der Waals surface area (Å²) in [5.41, 5.74) is 0.757. The molecule has 0 unspecified atom stereocenters. The molecule has 2 aromatic rings. The Balaban J connectivity index is 2.67. The second-order valence-corrected chi connectivity index (χ2v) is 4.31. The molecule has 0 atom stereocenters. The quantitative estimate of drug-likeness (QED) is 0.788. The number of hydrogen-bond donors (Lipinski definition) is 1. The molecule has 0 saturated heterocycles. The summed E-state index contributed by atoms with van der Waals surface area (Å²) < 4.78 is 13.6. The van der Waals surface area contributed by atoms with Crippen molar-refractivity contribution in [1.29, 1.82) is 0 Å². The molecule has 1 aromatic carbocycles. The first kappa shape index (κ1) is 11.5. The normalized spacial score (nSPS) is 10.4. The lowest BCUT2D eigenvalue weighted by atomic mass is 10.1. The van der Waals surface area contributed by atoms with Crippen molar-refractivity contribution in [3.63, 3.8) is 0 Å². The number of rotatable bonds is 1. The molecule has 0 bridgehead atoms. The van der Waals surface area contributed by atoms with Crippen molar-refractivity contribution in [1.82, 2.24) is 9.97 Å². The highest BCUT2D eigenvalue weighted by Crippen LogP contribution is 2.27. The molecule has 0 aliphatic carbocycles. The van der Waals surface area contributed by atoms with Crippen LogP contribution in [0.2, 0.25) is 10.0 Å². The van der Waals surface area contributed by atoms with E-state index in [1.165, 1.54) is 6.33 Å². The fourth-order valence-electron chi connectivity index (χ4n) is 1.29. The van der Waals surface area contributed by atoms with E-state index in [4.69, 9.17) is 35.4 Å². The molecule has 0 saturated carbocycles. The van der Waals surface area contributed by atoms with Crippen LogP contribution in [0.15, 0.2) is 24.5 Å². The SMILES string of the molecule is Fc1c(-c2cc(Cl)cc(Cl)c2)[nH]cnc1=S. The molecular formula is C10H5Cl2FN2S. The number of nitrogens with zero attached hydrogens (tertiary/aromatic N) is 1. The smallest absolute Gasteiger partial charge is 0.183 e. The lowest BCUT2D eigenvalue weighted by Gasteiger charge is -2.04. The lowest BCUT2D eigenvalue weighted by Crippen LogP contribution is -1.92. The van der Waals surface area contributed by atoms with E-state index in [9.17, 15) is 4.39 Å². The zero-order chi connectivity index (χ0) is 11.7. The van der Waals surface area contributed by atoms with Gasteiger partial charge in [-0.05, 0) is 18.2 Å². The summed E-state index contributed by atoms with van der Waals surface area (Å²) in [5, 5.41) is 0.857. The number of aromatic amines is 1. The van der Waals surface area contributed by atoms with Crippen molar-refractivity contribution >= 4 is 35.4 Å². The van der Waals surface area contributed by atoms with Crippen molar-refractivity contribution < 1.29 is 4.39 Å². The number of benzene rings is 1. The summed E-state index contributed by atoms with van der Waals surface area (Å²) in [7, 11) is 0. The van der Waals surface area contributed by atoms with E-state index in [1.807, 2.05) is 0 Å². The Kier molecular flexibility index (Phi) is 3.23. The largest absolute Gasteiger partial charge is 0.343 e. The van der Waals surface area contributed by atoms with Gasteiger partial charge in [0.1, 0.15) is 0 Å². The molecule has 82 valence electrons. The first-order valence-corrected chi connectivity index (χ1v) is 5.44. The highest BCUT2D eigenvalue weighted by Gasteiger charge is 2.09. The van der Waals surface area contributed by atoms with Gasteiger partial charge in [0.25, 0.3) is 0 Å². The average Bonchev–Trinajstić information content (AvgIpc) is 2.20. The first-order valence-electron chi connectivity index (χ1n) is 4.27. The Labute approximate surface area is 106 Å². The number of hydrogen-bond acceptors (Lipinski definition) is 2. The fourth-order valence-corrected chi connectivity index (χ4v) is 1.97. The maximum Gasteiger partial charge on any atom is 0.183 e. The zero-order valence-corrected chi connectivity index (χ0v) is 10.1. The monoisotopic (exact) mass is 274 g/mol. The second kappa shape index (κ2) is 4.49. The van der Waals surface area contributed by atoms with Gasteiger partial charge in [0.15, 0.2) is 10.5 Å². The Hall–Kier alpha value is -0.970. The maximum absolute atomic E-state index is 13.7. The lowest BCUT2D eigenvalue weighted by molar-refractivity contribution is 0.613. The minimum atomic E-state index is -0.587. The van der Waals surface area contributed by atoms with Gasteiger partial charge in [0.05, 0.1) is 12.0 Å². The van der Waals surface area contributed by atoms with Crippen LogP contribution >= 0.6 is 35.4 Å². The van der Waals surface area contributed by atoms with E-state index in [1.54, 1.807) is 18.2 Å². The molecule has 0 spiro atoms. The first-order chi connectivity index (χ1) is 7.58. The molecular weight excluding hydrogens is 270 g/mol. The van der Waals surface area contributed by atoms with Gasteiger partial charge in [-0.3, -0.25) is 0 Å². The highest BCUT2D eigenvalue weighted by atomic mass is 35.5. The highest BCUT2D eigenvalue weighted by molar-refractivity contribution is 7.71. The Bertz CT molecular complexity index is 577. The predicted octanol–water partition coefficient (Wildman–Crippen LogP) is 4.25. The third-order valence-corrected chi connectivity index (χ3v) is 2.67. The van der Waals surface area contributed by atoms with Crippen LogP contribution in [-0.2, 0) is 0 Å². The summed E-state index contributed by atoms with van der Waals surface area (Å²) in [6.45, 7) is 0. The summed E-state index contributed by atoms with van der Waals surface area (Å²) in [6.07, 6.45) is 1.33. The Morgan fingerprint density at radius 2 is 1.81 bits per heavy atom. The zero-order valence-electron chi connectivity index (χ0n) is 7.80. The van der Waals surface area contributed by atoms with Gasteiger partial charge in [-0.2, -0.15) is 0 Å². The minimum Gasteiger partial charge on any atom is -0.343 e. The number of halogens is 3. The van der Waals surface area contributed by atoms with Crippen LogP contribution < -0.4 is 0 Å².